The van der Waals surface area contributed by atoms with Gasteiger partial charge in [-0.2, -0.15) is 11.8 Å². The van der Waals surface area contributed by atoms with Crippen molar-refractivity contribution in [3.63, 3.8) is 0 Å². The predicted octanol–water partition coefficient (Wildman–Crippen LogP) is 3.86. The van der Waals surface area contributed by atoms with E-state index in [-0.39, 0.29) is 0 Å². The van der Waals surface area contributed by atoms with Gasteiger partial charge in [-0.25, -0.2) is 4.98 Å². The summed E-state index contributed by atoms with van der Waals surface area (Å²) in [5.74, 6) is 2.55. The van der Waals surface area contributed by atoms with E-state index in [1.807, 2.05) is 0 Å². The monoisotopic (exact) mass is 289 g/mol. The third-order valence-electron chi connectivity index (χ3n) is 3.99. The Labute approximate surface area is 124 Å². The first-order valence-electron chi connectivity index (χ1n) is 7.64. The second-order valence-corrected chi connectivity index (χ2v) is 6.81. The molecule has 0 aliphatic carbocycles. The van der Waals surface area contributed by atoms with Crippen molar-refractivity contribution in [3.05, 3.63) is 29.6 Å². The molecule has 2 aromatic rings. The van der Waals surface area contributed by atoms with Crippen LogP contribution in [-0.2, 0) is 13.1 Å². The lowest BCUT2D eigenvalue weighted by Crippen LogP contribution is -2.10. The lowest BCUT2D eigenvalue weighted by Gasteiger charge is -2.21. The topological polar surface area (TPSA) is 43.8 Å². The van der Waals surface area contributed by atoms with Gasteiger partial charge in [-0.15, -0.1) is 0 Å². The summed E-state index contributed by atoms with van der Waals surface area (Å²) in [5.41, 5.74) is 9.30. The summed E-state index contributed by atoms with van der Waals surface area (Å²) in [6, 6.07) is 6.48. The number of thioether (sulfide) groups is 1. The van der Waals surface area contributed by atoms with E-state index in [2.05, 4.69) is 41.5 Å². The minimum atomic E-state index is 0.573. The van der Waals surface area contributed by atoms with E-state index >= 15 is 0 Å². The number of benzene rings is 1. The summed E-state index contributed by atoms with van der Waals surface area (Å²) in [4.78, 5) is 4.95. The molecule has 0 amide bonds. The average Bonchev–Trinajstić information content (AvgIpc) is 2.86. The Bertz CT molecular complexity index is 585. The van der Waals surface area contributed by atoms with Gasteiger partial charge in [0, 0.05) is 13.1 Å². The summed E-state index contributed by atoms with van der Waals surface area (Å²) in [5, 5.41) is 0.573. The molecule has 1 aliphatic heterocycles. The van der Waals surface area contributed by atoms with Crippen LogP contribution in [0.15, 0.2) is 18.2 Å². The van der Waals surface area contributed by atoms with E-state index in [1.54, 1.807) is 0 Å². The highest BCUT2D eigenvalue weighted by Gasteiger charge is 2.22. The highest BCUT2D eigenvalue weighted by atomic mass is 32.2. The Hall–Kier alpha value is -1.00. The molecule has 108 valence electrons. The van der Waals surface area contributed by atoms with Crippen molar-refractivity contribution in [1.82, 2.24) is 9.55 Å². The van der Waals surface area contributed by atoms with Gasteiger partial charge in [0.25, 0.3) is 0 Å². The number of hydrogen-bond acceptors (Lipinski definition) is 3. The molecule has 1 fully saturated rings. The molecule has 1 aromatic heterocycles. The molecule has 1 aliphatic rings. The van der Waals surface area contributed by atoms with Gasteiger partial charge in [-0.3, -0.25) is 0 Å². The minimum Gasteiger partial charge on any atom is -0.327 e. The largest absolute Gasteiger partial charge is 0.327 e. The highest BCUT2D eigenvalue weighted by molar-refractivity contribution is 7.99. The zero-order valence-corrected chi connectivity index (χ0v) is 13.0. The van der Waals surface area contributed by atoms with E-state index in [1.165, 1.54) is 41.9 Å². The Morgan fingerprint density at radius 3 is 3.00 bits per heavy atom. The number of hydrogen-bond donors (Lipinski definition) is 1. The second-order valence-electron chi connectivity index (χ2n) is 5.50. The lowest BCUT2D eigenvalue weighted by atomic mass is 10.2. The zero-order chi connectivity index (χ0) is 13.9. The van der Waals surface area contributed by atoms with Gasteiger partial charge in [0.05, 0.1) is 16.3 Å². The molecule has 1 aromatic carbocycles. The molecule has 3 nitrogen and oxygen atoms in total. The van der Waals surface area contributed by atoms with E-state index in [0.29, 0.717) is 11.8 Å². The van der Waals surface area contributed by atoms with Gasteiger partial charge >= 0.3 is 0 Å². The van der Waals surface area contributed by atoms with E-state index < -0.39 is 0 Å². The minimum absolute atomic E-state index is 0.573. The van der Waals surface area contributed by atoms with Crippen LogP contribution in [0.5, 0.6) is 0 Å². The molecule has 1 saturated heterocycles. The fourth-order valence-electron chi connectivity index (χ4n) is 2.97. The summed E-state index contributed by atoms with van der Waals surface area (Å²) >= 11 is 2.07. The van der Waals surface area contributed by atoms with Crippen LogP contribution in [-0.4, -0.2) is 15.3 Å². The Kier molecular flexibility index (Phi) is 4.32. The molecule has 1 unspecified atom stereocenters. The van der Waals surface area contributed by atoms with Crippen LogP contribution in [0, 0.1) is 0 Å². The Morgan fingerprint density at radius 1 is 1.40 bits per heavy atom. The van der Waals surface area contributed by atoms with Crippen LogP contribution in [0.2, 0.25) is 0 Å². The fraction of sp³-hybridized carbons (Fsp3) is 0.562. The van der Waals surface area contributed by atoms with Crippen LogP contribution < -0.4 is 5.73 Å². The molecule has 0 radical (unpaired) electrons. The number of nitrogens with two attached hydrogens (primary N) is 1. The molecule has 3 rings (SSSR count). The van der Waals surface area contributed by atoms with Crippen molar-refractivity contribution in [2.75, 3.05) is 5.75 Å². The predicted molar refractivity (Wildman–Crippen MR) is 87.0 cm³/mol. The van der Waals surface area contributed by atoms with Crippen LogP contribution >= 0.6 is 11.8 Å². The first-order valence-corrected chi connectivity index (χ1v) is 8.69. The number of nitrogens with zero attached hydrogens (tertiary/aromatic N) is 2. The standard InChI is InChI=1S/C16H23N3S/c1-2-8-19-14-7-6-12(11-17)10-13(14)18-16(19)15-5-3-4-9-20-15/h6-7,10,15H,2-5,8-9,11,17H2,1H3. The normalized spacial score (nSPS) is 19.6. The van der Waals surface area contributed by atoms with Gasteiger partial charge in [0.15, 0.2) is 0 Å². The molecular weight excluding hydrogens is 266 g/mol. The van der Waals surface area contributed by atoms with Crippen molar-refractivity contribution in [1.29, 1.82) is 0 Å². The maximum absolute atomic E-state index is 5.75. The first-order chi connectivity index (χ1) is 9.83. The van der Waals surface area contributed by atoms with E-state index in [9.17, 15) is 0 Å². The third-order valence-corrected chi connectivity index (χ3v) is 5.37. The van der Waals surface area contributed by atoms with E-state index in [4.69, 9.17) is 10.7 Å². The van der Waals surface area contributed by atoms with Crippen LogP contribution in [0.4, 0.5) is 0 Å². The number of fused-ring (bicyclic) bond motifs is 1. The quantitative estimate of drug-likeness (QED) is 0.929. The molecule has 2 N–H and O–H groups in total. The molecule has 2 heterocycles. The van der Waals surface area contributed by atoms with Gasteiger partial charge in [-0.05, 0) is 42.7 Å². The van der Waals surface area contributed by atoms with Crippen LogP contribution in [0.3, 0.4) is 0 Å². The van der Waals surface area contributed by atoms with Gasteiger partial charge < -0.3 is 10.3 Å². The number of imidazole rings is 1. The smallest absolute Gasteiger partial charge is 0.123 e. The zero-order valence-electron chi connectivity index (χ0n) is 12.1. The maximum atomic E-state index is 5.75. The van der Waals surface area contributed by atoms with Gasteiger partial charge in [-0.1, -0.05) is 19.4 Å². The summed E-state index contributed by atoms with van der Waals surface area (Å²) in [6.07, 6.45) is 5.10. The second kappa shape index (κ2) is 6.19. The first kappa shape index (κ1) is 14.0. The molecule has 1 atom stereocenters. The molecule has 0 bridgehead atoms. The molecule has 0 saturated carbocycles. The number of rotatable bonds is 4. The third kappa shape index (κ3) is 2.59. The van der Waals surface area contributed by atoms with Crippen molar-refractivity contribution < 1.29 is 0 Å². The van der Waals surface area contributed by atoms with Gasteiger partial charge in [0.2, 0.25) is 0 Å². The fourth-order valence-corrected chi connectivity index (χ4v) is 4.29. The summed E-state index contributed by atoms with van der Waals surface area (Å²) in [6.45, 7) is 3.88. The number of aryl methyl sites for hydroxylation is 1. The molecule has 4 heteroatoms. The Balaban J connectivity index is 2.06. The highest BCUT2D eigenvalue weighted by Crippen LogP contribution is 2.39. The molecule has 0 spiro atoms. The van der Waals surface area contributed by atoms with Crippen molar-refractivity contribution in [3.8, 4) is 0 Å². The van der Waals surface area contributed by atoms with Crippen molar-refractivity contribution >= 4 is 22.8 Å². The van der Waals surface area contributed by atoms with Gasteiger partial charge in [0.1, 0.15) is 5.82 Å². The maximum Gasteiger partial charge on any atom is 0.123 e. The molecule has 20 heavy (non-hydrogen) atoms. The SMILES string of the molecule is CCCn1c(C2CCCCS2)nc2cc(CN)ccc21. The van der Waals surface area contributed by atoms with Crippen molar-refractivity contribution in [2.24, 2.45) is 5.73 Å². The average molecular weight is 289 g/mol. The lowest BCUT2D eigenvalue weighted by molar-refractivity contribution is 0.603. The summed E-state index contributed by atoms with van der Waals surface area (Å²) in [7, 11) is 0. The van der Waals surface area contributed by atoms with Crippen molar-refractivity contribution in [2.45, 2.75) is 50.9 Å². The Morgan fingerprint density at radius 2 is 2.30 bits per heavy atom. The van der Waals surface area contributed by atoms with E-state index in [0.717, 1.165) is 18.5 Å². The summed E-state index contributed by atoms with van der Waals surface area (Å²) < 4.78 is 2.43. The number of aromatic nitrogens is 2. The molecular formula is C16H23N3S. The van der Waals surface area contributed by atoms with Crippen LogP contribution in [0.25, 0.3) is 11.0 Å². The van der Waals surface area contributed by atoms with Crippen LogP contribution in [0.1, 0.15) is 49.2 Å².